The van der Waals surface area contributed by atoms with Crippen molar-refractivity contribution in [1.29, 1.82) is 0 Å². The van der Waals surface area contributed by atoms with E-state index >= 15 is 0 Å². The Morgan fingerprint density at radius 1 is 0.914 bits per heavy atom. The Labute approximate surface area is 208 Å². The Morgan fingerprint density at radius 3 is 2.23 bits per heavy atom. The molecule has 1 unspecified atom stereocenters. The Balaban J connectivity index is 1.53. The number of ether oxygens (including phenoxy) is 1. The molecule has 2 aromatic rings. The number of aromatic nitrogens is 4. The first-order chi connectivity index (χ1) is 17.0. The normalized spacial score (nSPS) is 12.4. The van der Waals surface area contributed by atoms with Crippen molar-refractivity contribution >= 4 is 11.2 Å². The van der Waals surface area contributed by atoms with E-state index in [1.54, 1.807) is 25.0 Å². The maximum absolute atomic E-state index is 12.7. The lowest BCUT2D eigenvalue weighted by Gasteiger charge is -2.10. The highest BCUT2D eigenvalue weighted by Crippen LogP contribution is 2.12. The van der Waals surface area contributed by atoms with E-state index in [-0.39, 0.29) is 17.3 Å². The summed E-state index contributed by atoms with van der Waals surface area (Å²) in [4.78, 5) is 40.4. The van der Waals surface area contributed by atoms with Gasteiger partial charge in [0.25, 0.3) is 5.56 Å². The van der Waals surface area contributed by atoms with Crippen LogP contribution in [0.1, 0.15) is 96.8 Å². The summed E-state index contributed by atoms with van der Waals surface area (Å²) in [6.45, 7) is 3.82. The van der Waals surface area contributed by atoms with Crippen LogP contribution in [-0.2, 0) is 25.4 Å². The zero-order valence-electron chi connectivity index (χ0n) is 22.0. The summed E-state index contributed by atoms with van der Waals surface area (Å²) < 4.78 is 10.1. The highest BCUT2D eigenvalue weighted by molar-refractivity contribution is 5.69. The monoisotopic (exact) mass is 491 g/mol. The Bertz CT molecular complexity index is 994. The first kappa shape index (κ1) is 28.9. The Kier molecular flexibility index (Phi) is 13.6. The van der Waals surface area contributed by atoms with Crippen molar-refractivity contribution in [2.75, 3.05) is 13.2 Å². The van der Waals surface area contributed by atoms with Gasteiger partial charge >= 0.3 is 5.69 Å². The van der Waals surface area contributed by atoms with Crippen molar-refractivity contribution < 1.29 is 4.74 Å². The zero-order chi connectivity index (χ0) is 25.5. The van der Waals surface area contributed by atoms with Crippen molar-refractivity contribution in [3.63, 3.8) is 0 Å². The van der Waals surface area contributed by atoms with Crippen LogP contribution < -0.4 is 11.2 Å². The van der Waals surface area contributed by atoms with Crippen LogP contribution in [-0.4, -0.2) is 37.9 Å². The molecule has 2 heterocycles. The first-order valence-electron chi connectivity index (χ1n) is 13.5. The van der Waals surface area contributed by atoms with Crippen molar-refractivity contribution in [3.05, 3.63) is 32.1 Å². The molecule has 0 aliphatic carbocycles. The first-order valence-corrected chi connectivity index (χ1v) is 13.5. The van der Waals surface area contributed by atoms with E-state index in [1.807, 2.05) is 0 Å². The van der Waals surface area contributed by atoms with Crippen LogP contribution in [0.2, 0.25) is 0 Å². The van der Waals surface area contributed by atoms with E-state index in [1.165, 1.54) is 41.2 Å². The lowest BCUT2D eigenvalue weighted by atomic mass is 10.1. The van der Waals surface area contributed by atoms with E-state index in [4.69, 9.17) is 4.74 Å². The standard InChI is InChI=1S/C26H45N5O4/c1-4-5-6-7-13-16-19-35-20-22(28-34)17-14-11-9-8-10-12-15-18-31-25(32)23-24(27-21-29(23)2)30(3)26(31)33/h21-22H,4-20H2,1-3H3. The second-order valence-corrected chi connectivity index (χ2v) is 9.69. The predicted octanol–water partition coefficient (Wildman–Crippen LogP) is 5.07. The molecule has 2 aromatic heterocycles. The second-order valence-electron chi connectivity index (χ2n) is 9.69. The molecule has 0 aliphatic rings. The molecule has 0 bridgehead atoms. The van der Waals surface area contributed by atoms with E-state index in [2.05, 4.69) is 17.1 Å². The predicted molar refractivity (Wildman–Crippen MR) is 141 cm³/mol. The molecular weight excluding hydrogens is 446 g/mol. The van der Waals surface area contributed by atoms with Gasteiger partial charge < -0.3 is 9.30 Å². The number of nitroso groups, excluding NO2 is 1. The number of aryl methyl sites for hydroxylation is 2. The molecule has 0 radical (unpaired) electrons. The third-order valence-corrected chi connectivity index (χ3v) is 6.72. The van der Waals surface area contributed by atoms with Crippen LogP contribution in [0.25, 0.3) is 11.2 Å². The number of nitrogens with zero attached hydrogens (tertiary/aromatic N) is 5. The van der Waals surface area contributed by atoms with Gasteiger partial charge in [0.15, 0.2) is 11.2 Å². The molecule has 0 aliphatic heterocycles. The summed E-state index contributed by atoms with van der Waals surface area (Å²) >= 11 is 0. The van der Waals surface area contributed by atoms with Gasteiger partial charge in [-0.25, -0.2) is 9.78 Å². The number of rotatable bonds is 20. The van der Waals surface area contributed by atoms with Gasteiger partial charge in [0.05, 0.1) is 12.9 Å². The van der Waals surface area contributed by atoms with Crippen molar-refractivity contribution in [2.24, 2.45) is 19.3 Å². The number of unbranched alkanes of at least 4 members (excludes halogenated alkanes) is 11. The Morgan fingerprint density at radius 2 is 1.54 bits per heavy atom. The van der Waals surface area contributed by atoms with Crippen LogP contribution in [0, 0.1) is 4.91 Å². The quantitative estimate of drug-likeness (QED) is 0.190. The van der Waals surface area contributed by atoms with Crippen molar-refractivity contribution in [3.8, 4) is 0 Å². The summed E-state index contributed by atoms with van der Waals surface area (Å²) in [7, 11) is 3.42. The van der Waals surface area contributed by atoms with Gasteiger partial charge in [-0.05, 0) is 19.3 Å². The van der Waals surface area contributed by atoms with Crippen LogP contribution in [0.3, 0.4) is 0 Å². The number of hydrogen-bond acceptors (Lipinski definition) is 6. The fraction of sp³-hybridized carbons (Fsp3) is 0.808. The smallest absolute Gasteiger partial charge is 0.332 e. The van der Waals surface area contributed by atoms with E-state index < -0.39 is 0 Å². The Hall–Kier alpha value is -2.29. The molecule has 0 fully saturated rings. The van der Waals surface area contributed by atoms with Crippen LogP contribution in [0.4, 0.5) is 0 Å². The fourth-order valence-corrected chi connectivity index (χ4v) is 4.50. The zero-order valence-corrected chi connectivity index (χ0v) is 22.0. The molecule has 0 amide bonds. The highest BCUT2D eigenvalue weighted by atomic mass is 16.5. The number of hydrogen-bond donors (Lipinski definition) is 0. The lowest BCUT2D eigenvalue weighted by molar-refractivity contribution is 0.114. The fourth-order valence-electron chi connectivity index (χ4n) is 4.50. The molecule has 198 valence electrons. The molecule has 0 saturated heterocycles. The van der Waals surface area contributed by atoms with E-state index in [0.29, 0.717) is 24.3 Å². The molecular formula is C26H45N5O4. The highest BCUT2D eigenvalue weighted by Gasteiger charge is 2.14. The van der Waals surface area contributed by atoms with E-state index in [0.717, 1.165) is 64.4 Å². The maximum Gasteiger partial charge on any atom is 0.332 e. The number of imidazole rings is 1. The molecule has 0 N–H and O–H groups in total. The SMILES string of the molecule is CCCCCCCCOCC(CCCCCCCCCn1c(=O)c2c(ncn2C)n(C)c1=O)N=O. The largest absolute Gasteiger partial charge is 0.379 e. The summed E-state index contributed by atoms with van der Waals surface area (Å²) in [5.74, 6) is 0. The molecule has 0 aromatic carbocycles. The summed E-state index contributed by atoms with van der Waals surface area (Å²) in [5, 5.41) is 3.24. The minimum atomic E-state index is -0.310. The molecule has 1 atom stereocenters. The topological polar surface area (TPSA) is 100 Å². The summed E-state index contributed by atoms with van der Waals surface area (Å²) in [6, 6.07) is -0.229. The average Bonchev–Trinajstić information content (AvgIpc) is 3.25. The van der Waals surface area contributed by atoms with Gasteiger partial charge in [0.2, 0.25) is 0 Å². The van der Waals surface area contributed by atoms with Gasteiger partial charge in [-0.1, -0.05) is 82.7 Å². The molecule has 2 rings (SSSR count). The minimum absolute atomic E-state index is 0.229. The lowest BCUT2D eigenvalue weighted by Crippen LogP contribution is -2.39. The second kappa shape index (κ2) is 16.4. The maximum atomic E-state index is 12.7. The number of fused-ring (bicyclic) bond motifs is 1. The molecule has 9 heteroatoms. The van der Waals surface area contributed by atoms with Crippen molar-refractivity contribution in [1.82, 2.24) is 18.7 Å². The molecule has 35 heavy (non-hydrogen) atoms. The molecule has 9 nitrogen and oxygen atoms in total. The molecule has 0 saturated carbocycles. The third-order valence-electron chi connectivity index (χ3n) is 6.72. The van der Waals surface area contributed by atoms with Gasteiger partial charge in [-0.15, -0.1) is 0 Å². The summed E-state index contributed by atoms with van der Waals surface area (Å²) in [5.41, 5.74) is 0.311. The summed E-state index contributed by atoms with van der Waals surface area (Å²) in [6.07, 6.45) is 16.9. The van der Waals surface area contributed by atoms with Gasteiger partial charge in [-0.2, -0.15) is 4.91 Å². The van der Waals surface area contributed by atoms with Crippen molar-refractivity contribution in [2.45, 2.75) is 109 Å². The van der Waals surface area contributed by atoms with Crippen LogP contribution in [0.5, 0.6) is 0 Å². The van der Waals surface area contributed by atoms with Gasteiger partial charge in [0, 0.05) is 27.2 Å². The average molecular weight is 492 g/mol. The molecule has 0 spiro atoms. The van der Waals surface area contributed by atoms with E-state index in [9.17, 15) is 14.5 Å². The minimum Gasteiger partial charge on any atom is -0.379 e. The van der Waals surface area contributed by atoms with Crippen LogP contribution in [0.15, 0.2) is 21.1 Å². The van der Waals surface area contributed by atoms with Crippen LogP contribution >= 0.6 is 0 Å². The third kappa shape index (κ3) is 9.35. The van der Waals surface area contributed by atoms with Gasteiger partial charge in [0.1, 0.15) is 6.04 Å². The van der Waals surface area contributed by atoms with Gasteiger partial charge in [-0.3, -0.25) is 13.9 Å².